The van der Waals surface area contributed by atoms with Gasteiger partial charge in [0.15, 0.2) is 0 Å². The number of nitrogens with zero attached hydrogens (tertiary/aromatic N) is 2. The Morgan fingerprint density at radius 1 is 1.15 bits per heavy atom. The molecule has 0 unspecified atom stereocenters. The highest BCUT2D eigenvalue weighted by atomic mass is 35.5. The van der Waals surface area contributed by atoms with Crippen molar-refractivity contribution in [2.45, 2.75) is 5.75 Å². The minimum absolute atomic E-state index is 0.0761. The van der Waals surface area contributed by atoms with E-state index >= 15 is 0 Å². The van der Waals surface area contributed by atoms with Crippen molar-refractivity contribution in [3.05, 3.63) is 58.9 Å². The van der Waals surface area contributed by atoms with Gasteiger partial charge < -0.3 is 14.5 Å². The number of carbonyl (C=O) groups excluding carboxylic acids is 1. The number of halogens is 2. The third kappa shape index (κ3) is 4.87. The van der Waals surface area contributed by atoms with Crippen LogP contribution in [0.4, 0.5) is 10.1 Å². The molecular formula is C20H22ClFN2O2S. The van der Waals surface area contributed by atoms with Gasteiger partial charge in [-0.2, -0.15) is 0 Å². The number of benzene rings is 2. The van der Waals surface area contributed by atoms with Crippen LogP contribution >= 0.6 is 23.4 Å². The zero-order chi connectivity index (χ0) is 19.2. The number of piperazine rings is 1. The Bertz CT molecular complexity index is 777. The molecule has 1 aliphatic heterocycles. The van der Waals surface area contributed by atoms with Gasteiger partial charge in [-0.3, -0.25) is 4.79 Å². The Labute approximate surface area is 168 Å². The van der Waals surface area contributed by atoms with Gasteiger partial charge in [-0.1, -0.05) is 29.8 Å². The molecule has 2 aromatic rings. The summed E-state index contributed by atoms with van der Waals surface area (Å²) in [5.74, 6) is 1.30. The van der Waals surface area contributed by atoms with Gasteiger partial charge in [-0.15, -0.1) is 11.8 Å². The van der Waals surface area contributed by atoms with Gasteiger partial charge >= 0.3 is 0 Å². The van der Waals surface area contributed by atoms with Crippen molar-refractivity contribution >= 4 is 35.0 Å². The minimum Gasteiger partial charge on any atom is -0.495 e. The highest BCUT2D eigenvalue weighted by Crippen LogP contribution is 2.28. The third-order valence-electron chi connectivity index (χ3n) is 4.59. The molecule has 0 aliphatic carbocycles. The number of thioether (sulfide) groups is 1. The second-order valence-corrected chi connectivity index (χ2v) is 7.63. The molecule has 4 nitrogen and oxygen atoms in total. The van der Waals surface area contributed by atoms with Crippen molar-refractivity contribution in [2.75, 3.05) is 43.9 Å². The Balaban J connectivity index is 1.49. The van der Waals surface area contributed by atoms with Crippen LogP contribution in [0.25, 0.3) is 0 Å². The van der Waals surface area contributed by atoms with Crippen LogP contribution in [0.3, 0.4) is 0 Å². The largest absolute Gasteiger partial charge is 0.495 e. The highest BCUT2D eigenvalue weighted by molar-refractivity contribution is 7.99. The normalized spacial score (nSPS) is 14.3. The van der Waals surface area contributed by atoms with E-state index < -0.39 is 0 Å². The molecule has 0 spiro atoms. The Morgan fingerprint density at radius 2 is 1.89 bits per heavy atom. The summed E-state index contributed by atoms with van der Waals surface area (Å²) in [5, 5.41) is 0.403. The second-order valence-electron chi connectivity index (χ2n) is 6.23. The van der Waals surface area contributed by atoms with Crippen molar-refractivity contribution in [1.82, 2.24) is 4.90 Å². The van der Waals surface area contributed by atoms with Crippen LogP contribution in [-0.2, 0) is 10.5 Å². The molecule has 0 aromatic heterocycles. The standard InChI is InChI=1S/C20H22ClFN2O2S/c1-26-19-8-3-2-7-18(19)23-9-11-24(12-10-23)20(25)14-27-13-15-16(21)5-4-6-17(15)22/h2-8H,9-14H2,1H3. The molecule has 1 amide bonds. The first-order valence-electron chi connectivity index (χ1n) is 8.76. The van der Waals surface area contributed by atoms with Gasteiger partial charge in [0, 0.05) is 42.5 Å². The summed E-state index contributed by atoms with van der Waals surface area (Å²) in [5.41, 5.74) is 1.51. The minimum atomic E-state index is -0.326. The summed E-state index contributed by atoms with van der Waals surface area (Å²) in [6.45, 7) is 2.85. The molecule has 1 aliphatic rings. The SMILES string of the molecule is COc1ccccc1N1CCN(C(=O)CSCc2c(F)cccc2Cl)CC1. The van der Waals surface area contributed by atoms with Crippen LogP contribution in [0.5, 0.6) is 5.75 Å². The topological polar surface area (TPSA) is 32.8 Å². The molecule has 1 saturated heterocycles. The number of hydrogen-bond acceptors (Lipinski definition) is 4. The monoisotopic (exact) mass is 408 g/mol. The maximum atomic E-state index is 13.8. The lowest BCUT2D eigenvalue weighted by Gasteiger charge is -2.36. The van der Waals surface area contributed by atoms with Gasteiger partial charge in [0.05, 0.1) is 18.6 Å². The van der Waals surface area contributed by atoms with Crippen LogP contribution < -0.4 is 9.64 Å². The Hall–Kier alpha value is -1.92. The smallest absolute Gasteiger partial charge is 0.232 e. The molecule has 0 N–H and O–H groups in total. The predicted molar refractivity (Wildman–Crippen MR) is 109 cm³/mol. The summed E-state index contributed by atoms with van der Waals surface area (Å²) in [6, 6.07) is 12.5. The van der Waals surface area contributed by atoms with E-state index in [0.29, 0.717) is 35.2 Å². The molecule has 3 rings (SSSR count). The van der Waals surface area contributed by atoms with Gasteiger partial charge in [-0.05, 0) is 24.3 Å². The van der Waals surface area contributed by atoms with Gasteiger partial charge in [0.25, 0.3) is 0 Å². The highest BCUT2D eigenvalue weighted by Gasteiger charge is 2.22. The van der Waals surface area contributed by atoms with Crippen molar-refractivity contribution in [1.29, 1.82) is 0 Å². The predicted octanol–water partition coefficient (Wildman–Crippen LogP) is 4.07. The molecule has 1 heterocycles. The van der Waals surface area contributed by atoms with Crippen molar-refractivity contribution in [3.63, 3.8) is 0 Å². The van der Waals surface area contributed by atoms with Crippen molar-refractivity contribution in [2.24, 2.45) is 0 Å². The number of hydrogen-bond donors (Lipinski definition) is 0. The molecule has 2 aromatic carbocycles. The molecule has 0 atom stereocenters. The first kappa shape index (κ1) is 19.8. The molecule has 0 radical (unpaired) electrons. The van der Waals surface area contributed by atoms with Crippen LogP contribution in [0, 0.1) is 5.82 Å². The van der Waals surface area contributed by atoms with Crippen LogP contribution in [0.2, 0.25) is 5.02 Å². The summed E-state index contributed by atoms with van der Waals surface area (Å²) in [4.78, 5) is 16.6. The fraction of sp³-hybridized carbons (Fsp3) is 0.350. The quantitative estimate of drug-likeness (QED) is 0.721. The molecule has 144 valence electrons. The fourth-order valence-electron chi connectivity index (χ4n) is 3.09. The van der Waals surface area contributed by atoms with E-state index in [-0.39, 0.29) is 11.7 Å². The molecule has 0 saturated carbocycles. The Kier molecular flexibility index (Phi) is 6.85. The fourth-order valence-corrected chi connectivity index (χ4v) is 4.36. The molecule has 27 heavy (non-hydrogen) atoms. The summed E-state index contributed by atoms with van der Waals surface area (Å²) in [6.07, 6.45) is 0. The summed E-state index contributed by atoms with van der Waals surface area (Å²) in [7, 11) is 1.66. The maximum absolute atomic E-state index is 13.8. The number of para-hydroxylation sites is 2. The van der Waals surface area contributed by atoms with E-state index in [1.807, 2.05) is 29.2 Å². The average molecular weight is 409 g/mol. The number of anilines is 1. The number of ether oxygens (including phenoxy) is 1. The van der Waals surface area contributed by atoms with Gasteiger partial charge in [0.1, 0.15) is 11.6 Å². The zero-order valence-electron chi connectivity index (χ0n) is 15.2. The summed E-state index contributed by atoms with van der Waals surface area (Å²) >= 11 is 7.42. The Morgan fingerprint density at radius 3 is 2.59 bits per heavy atom. The molecule has 7 heteroatoms. The lowest BCUT2D eigenvalue weighted by molar-refractivity contribution is -0.128. The molecule has 0 bridgehead atoms. The number of methoxy groups -OCH3 is 1. The van der Waals surface area contributed by atoms with Crippen molar-refractivity contribution in [3.8, 4) is 5.75 Å². The second kappa shape index (κ2) is 9.33. The number of carbonyl (C=O) groups is 1. The van der Waals surface area contributed by atoms with E-state index in [0.717, 1.165) is 24.5 Å². The van der Waals surface area contributed by atoms with Gasteiger partial charge in [-0.25, -0.2) is 4.39 Å². The van der Waals surface area contributed by atoms with E-state index in [1.165, 1.54) is 17.8 Å². The van der Waals surface area contributed by atoms with Crippen LogP contribution in [0.15, 0.2) is 42.5 Å². The van der Waals surface area contributed by atoms with Crippen LogP contribution in [-0.4, -0.2) is 49.8 Å². The average Bonchev–Trinajstić information content (AvgIpc) is 2.70. The molecular weight excluding hydrogens is 387 g/mol. The number of rotatable bonds is 6. The van der Waals surface area contributed by atoms with E-state index in [4.69, 9.17) is 16.3 Å². The lowest BCUT2D eigenvalue weighted by atomic mass is 10.2. The summed E-state index contributed by atoms with van der Waals surface area (Å²) < 4.78 is 19.2. The van der Waals surface area contributed by atoms with Crippen molar-refractivity contribution < 1.29 is 13.9 Å². The third-order valence-corrected chi connectivity index (χ3v) is 5.89. The van der Waals surface area contributed by atoms with E-state index in [9.17, 15) is 9.18 Å². The first-order chi connectivity index (χ1) is 13.1. The van der Waals surface area contributed by atoms with Crippen LogP contribution in [0.1, 0.15) is 5.56 Å². The maximum Gasteiger partial charge on any atom is 0.232 e. The van der Waals surface area contributed by atoms with E-state index in [1.54, 1.807) is 19.2 Å². The first-order valence-corrected chi connectivity index (χ1v) is 10.3. The lowest BCUT2D eigenvalue weighted by Crippen LogP contribution is -2.49. The molecule has 1 fully saturated rings. The zero-order valence-corrected chi connectivity index (χ0v) is 16.7. The van der Waals surface area contributed by atoms with Gasteiger partial charge in [0.2, 0.25) is 5.91 Å². The van der Waals surface area contributed by atoms with E-state index in [2.05, 4.69) is 4.90 Å². The number of amides is 1.